The molecule has 1 fully saturated rings. The van der Waals surface area contributed by atoms with Gasteiger partial charge in [0, 0.05) is 12.3 Å². The number of hydrogen-bond acceptors (Lipinski definition) is 7. The fourth-order valence-corrected chi connectivity index (χ4v) is 3.29. The van der Waals surface area contributed by atoms with Gasteiger partial charge >= 0.3 is 6.18 Å². The van der Waals surface area contributed by atoms with Crippen molar-refractivity contribution in [3.05, 3.63) is 65.9 Å². The average molecular weight is 463 g/mol. The number of nitrogens with one attached hydrogen (secondary N) is 1. The third-order valence-electron chi connectivity index (χ3n) is 4.83. The fraction of sp³-hybridized carbons (Fsp3) is 0.238. The molecule has 4 rings (SSSR count). The number of hydrogen-bond donors (Lipinski definition) is 1. The van der Waals surface area contributed by atoms with Crippen molar-refractivity contribution in [2.75, 3.05) is 30.4 Å². The van der Waals surface area contributed by atoms with E-state index in [-0.39, 0.29) is 30.2 Å². The maximum Gasteiger partial charge on any atom is 0.416 e. The number of methoxy groups -OCH3 is 1. The Morgan fingerprint density at radius 2 is 1.94 bits per heavy atom. The summed E-state index contributed by atoms with van der Waals surface area (Å²) in [7, 11) is 1.41. The van der Waals surface area contributed by atoms with E-state index in [9.17, 15) is 22.4 Å². The van der Waals surface area contributed by atoms with Crippen molar-refractivity contribution in [2.45, 2.75) is 12.3 Å². The number of nitrogens with zero attached hydrogens (tertiary/aromatic N) is 4. The number of ether oxygens (including phenoxy) is 2. The topological polar surface area (TPSA) is 89.5 Å². The zero-order valence-corrected chi connectivity index (χ0v) is 17.1. The van der Waals surface area contributed by atoms with Gasteiger partial charge in [-0.3, -0.25) is 4.79 Å². The van der Waals surface area contributed by atoms with Crippen LogP contribution in [-0.2, 0) is 6.18 Å². The lowest BCUT2D eigenvalue weighted by atomic mass is 10.1. The van der Waals surface area contributed by atoms with Gasteiger partial charge in [0.05, 0.1) is 43.8 Å². The molecular formula is C21H17F4N5O3. The van der Waals surface area contributed by atoms with E-state index in [0.29, 0.717) is 17.6 Å². The highest BCUT2D eigenvalue weighted by atomic mass is 19.4. The second-order valence-corrected chi connectivity index (χ2v) is 7.12. The molecule has 12 heteroatoms. The van der Waals surface area contributed by atoms with Crippen molar-refractivity contribution in [2.24, 2.45) is 0 Å². The fourth-order valence-electron chi connectivity index (χ4n) is 3.29. The number of rotatable bonds is 6. The number of halogens is 4. The van der Waals surface area contributed by atoms with Gasteiger partial charge in [0.2, 0.25) is 0 Å². The predicted octanol–water partition coefficient (Wildman–Crippen LogP) is 3.56. The first kappa shape index (κ1) is 22.2. The van der Waals surface area contributed by atoms with E-state index in [1.807, 2.05) is 0 Å². The SMILES string of the molecule is COc1ccnc(N2CC(Oc3cc(F)cc(C(F)(F)F)c3)C2)c1C(=O)Nc1ccnnc1. The summed E-state index contributed by atoms with van der Waals surface area (Å²) >= 11 is 0. The van der Waals surface area contributed by atoms with E-state index in [2.05, 4.69) is 20.5 Å². The lowest BCUT2D eigenvalue weighted by molar-refractivity contribution is -0.137. The maximum atomic E-state index is 13.6. The monoisotopic (exact) mass is 463 g/mol. The molecule has 0 bridgehead atoms. The molecule has 0 spiro atoms. The third kappa shape index (κ3) is 4.94. The van der Waals surface area contributed by atoms with Crippen molar-refractivity contribution in [1.29, 1.82) is 0 Å². The smallest absolute Gasteiger partial charge is 0.416 e. The van der Waals surface area contributed by atoms with Crippen LogP contribution in [0.25, 0.3) is 0 Å². The van der Waals surface area contributed by atoms with Crippen LogP contribution in [-0.4, -0.2) is 47.4 Å². The minimum absolute atomic E-state index is 0.167. The molecular weight excluding hydrogens is 446 g/mol. The first-order valence-electron chi connectivity index (χ1n) is 9.65. The van der Waals surface area contributed by atoms with Gasteiger partial charge in [0.15, 0.2) is 0 Å². The molecule has 3 heterocycles. The summed E-state index contributed by atoms with van der Waals surface area (Å²) in [6.45, 7) is 0.435. The second-order valence-electron chi connectivity index (χ2n) is 7.12. The Hall–Kier alpha value is -3.96. The Kier molecular flexibility index (Phi) is 5.99. The van der Waals surface area contributed by atoms with Gasteiger partial charge < -0.3 is 19.7 Å². The summed E-state index contributed by atoms with van der Waals surface area (Å²) < 4.78 is 63.2. The van der Waals surface area contributed by atoms with Gasteiger partial charge in [-0.2, -0.15) is 23.4 Å². The first-order chi connectivity index (χ1) is 15.7. The Morgan fingerprint density at radius 1 is 1.15 bits per heavy atom. The molecule has 0 saturated carbocycles. The van der Waals surface area contributed by atoms with Gasteiger partial charge in [0.25, 0.3) is 5.91 Å². The summed E-state index contributed by atoms with van der Waals surface area (Å²) in [5.74, 6) is -1.18. The number of aromatic nitrogens is 3. The molecule has 1 saturated heterocycles. The van der Waals surface area contributed by atoms with Gasteiger partial charge in [-0.05, 0) is 24.3 Å². The molecule has 33 heavy (non-hydrogen) atoms. The summed E-state index contributed by atoms with van der Waals surface area (Å²) in [4.78, 5) is 18.9. The van der Waals surface area contributed by atoms with E-state index in [1.54, 1.807) is 11.0 Å². The molecule has 2 aromatic heterocycles. The molecule has 1 aliphatic rings. The van der Waals surface area contributed by atoms with E-state index in [1.165, 1.54) is 31.8 Å². The molecule has 8 nitrogen and oxygen atoms in total. The number of carbonyl (C=O) groups excluding carboxylic acids is 1. The number of amides is 1. The van der Waals surface area contributed by atoms with Crippen molar-refractivity contribution >= 4 is 17.4 Å². The van der Waals surface area contributed by atoms with Crippen molar-refractivity contribution in [3.8, 4) is 11.5 Å². The number of anilines is 2. The first-order valence-corrected chi connectivity index (χ1v) is 9.65. The van der Waals surface area contributed by atoms with E-state index < -0.39 is 29.6 Å². The number of pyridine rings is 1. The van der Waals surface area contributed by atoms with Crippen molar-refractivity contribution in [1.82, 2.24) is 15.2 Å². The molecule has 1 aliphatic heterocycles. The lowest BCUT2D eigenvalue weighted by Crippen LogP contribution is -2.54. The zero-order chi connectivity index (χ0) is 23.6. The summed E-state index contributed by atoms with van der Waals surface area (Å²) in [5.41, 5.74) is -0.545. The highest BCUT2D eigenvalue weighted by Gasteiger charge is 2.35. The Morgan fingerprint density at radius 3 is 2.61 bits per heavy atom. The molecule has 1 N–H and O–H groups in total. The minimum Gasteiger partial charge on any atom is -0.496 e. The summed E-state index contributed by atoms with van der Waals surface area (Å²) in [6, 6.07) is 5.14. The quantitative estimate of drug-likeness (QED) is 0.559. The lowest BCUT2D eigenvalue weighted by Gasteiger charge is -2.40. The molecule has 3 aromatic rings. The maximum absolute atomic E-state index is 13.6. The normalized spacial score (nSPS) is 13.9. The van der Waals surface area contributed by atoms with Crippen LogP contribution in [0.4, 0.5) is 29.1 Å². The molecule has 0 radical (unpaired) electrons. The third-order valence-corrected chi connectivity index (χ3v) is 4.83. The van der Waals surface area contributed by atoms with Crippen LogP contribution in [0.15, 0.2) is 48.9 Å². The Labute approximate surface area is 185 Å². The van der Waals surface area contributed by atoms with E-state index in [4.69, 9.17) is 9.47 Å². The van der Waals surface area contributed by atoms with Crippen LogP contribution in [0.1, 0.15) is 15.9 Å². The highest BCUT2D eigenvalue weighted by Crippen LogP contribution is 2.34. The summed E-state index contributed by atoms with van der Waals surface area (Å²) in [6.07, 6.45) is -0.952. The number of benzene rings is 1. The van der Waals surface area contributed by atoms with Crippen LogP contribution < -0.4 is 19.7 Å². The second kappa shape index (κ2) is 8.88. The van der Waals surface area contributed by atoms with E-state index in [0.717, 1.165) is 12.1 Å². The average Bonchev–Trinajstić information content (AvgIpc) is 2.75. The van der Waals surface area contributed by atoms with Gasteiger partial charge in [0.1, 0.15) is 34.8 Å². The van der Waals surface area contributed by atoms with Crippen LogP contribution in [0.2, 0.25) is 0 Å². The number of alkyl halides is 3. The molecule has 0 aliphatic carbocycles. The highest BCUT2D eigenvalue weighted by molar-refractivity contribution is 6.09. The molecule has 0 unspecified atom stereocenters. The van der Waals surface area contributed by atoms with Crippen LogP contribution in [0, 0.1) is 5.82 Å². The van der Waals surface area contributed by atoms with Crippen LogP contribution in [0.3, 0.4) is 0 Å². The van der Waals surface area contributed by atoms with Crippen molar-refractivity contribution in [3.63, 3.8) is 0 Å². The van der Waals surface area contributed by atoms with Crippen LogP contribution >= 0.6 is 0 Å². The van der Waals surface area contributed by atoms with Crippen molar-refractivity contribution < 1.29 is 31.8 Å². The molecule has 1 aromatic carbocycles. The molecule has 0 atom stereocenters. The predicted molar refractivity (Wildman–Crippen MR) is 109 cm³/mol. The number of carbonyl (C=O) groups is 1. The Bertz CT molecular complexity index is 1150. The van der Waals surface area contributed by atoms with E-state index >= 15 is 0 Å². The van der Waals surface area contributed by atoms with Gasteiger partial charge in [-0.25, -0.2) is 9.37 Å². The standard InChI is InChI=1S/C21H17F4N5O3/c1-32-17-3-4-26-19(18(17)20(31)29-14-2-5-27-28-9-14)30-10-16(11-30)33-15-7-12(21(23,24)25)6-13(22)8-15/h2-9,16H,10-11H2,1H3,(H,27,29,31). The minimum atomic E-state index is -4.69. The van der Waals surface area contributed by atoms with Gasteiger partial charge in [-0.1, -0.05) is 0 Å². The zero-order valence-electron chi connectivity index (χ0n) is 17.1. The molecule has 1 amide bonds. The van der Waals surface area contributed by atoms with Crippen LogP contribution in [0.5, 0.6) is 11.5 Å². The molecule has 172 valence electrons. The van der Waals surface area contributed by atoms with Gasteiger partial charge in [-0.15, -0.1) is 0 Å². The summed E-state index contributed by atoms with van der Waals surface area (Å²) in [5, 5.41) is 10.0. The largest absolute Gasteiger partial charge is 0.496 e. The Balaban J connectivity index is 1.50.